The summed E-state index contributed by atoms with van der Waals surface area (Å²) in [6.07, 6.45) is 7.12. The molecule has 128 valence electrons. The predicted molar refractivity (Wildman–Crippen MR) is 87.0 cm³/mol. The third kappa shape index (κ3) is 6.62. The molecule has 1 aliphatic carbocycles. The Kier molecular flexibility index (Phi) is 7.11. The molecule has 0 atom stereocenters. The quantitative estimate of drug-likeness (QED) is 0.577. The molecule has 1 saturated heterocycles. The van der Waals surface area contributed by atoms with Crippen molar-refractivity contribution in [3.8, 4) is 0 Å². The molecule has 0 aromatic carbocycles. The van der Waals surface area contributed by atoms with Crippen LogP contribution < -0.4 is 15.4 Å². The Bertz CT molecular complexity index is 443. The van der Waals surface area contributed by atoms with Gasteiger partial charge in [-0.3, -0.25) is 4.79 Å². The molecule has 2 fully saturated rings. The van der Waals surface area contributed by atoms with E-state index >= 15 is 0 Å². The van der Waals surface area contributed by atoms with E-state index in [0.29, 0.717) is 24.8 Å². The number of piperidine rings is 1. The highest BCUT2D eigenvalue weighted by Crippen LogP contribution is 2.25. The average molecular weight is 331 g/mol. The summed E-state index contributed by atoms with van der Waals surface area (Å²) in [6.45, 7) is 2.82. The molecule has 2 rings (SSSR count). The molecule has 3 N–H and O–H groups in total. The minimum absolute atomic E-state index is 0.0290. The fourth-order valence-electron chi connectivity index (χ4n) is 2.93. The Morgan fingerprint density at radius 2 is 1.82 bits per heavy atom. The van der Waals surface area contributed by atoms with Gasteiger partial charge in [-0.15, -0.1) is 0 Å². The molecule has 1 saturated carbocycles. The lowest BCUT2D eigenvalue weighted by atomic mass is 9.86. The molecule has 6 nitrogen and oxygen atoms in total. The highest BCUT2D eigenvalue weighted by molar-refractivity contribution is 7.89. The Labute approximate surface area is 133 Å². The first-order chi connectivity index (χ1) is 10.6. The van der Waals surface area contributed by atoms with Crippen LogP contribution >= 0.6 is 0 Å². The highest BCUT2D eigenvalue weighted by atomic mass is 32.2. The van der Waals surface area contributed by atoms with E-state index in [-0.39, 0.29) is 18.2 Å². The van der Waals surface area contributed by atoms with Crippen molar-refractivity contribution in [3.63, 3.8) is 0 Å². The van der Waals surface area contributed by atoms with Crippen molar-refractivity contribution in [1.82, 2.24) is 15.4 Å². The van der Waals surface area contributed by atoms with Gasteiger partial charge in [0.25, 0.3) is 0 Å². The Morgan fingerprint density at radius 3 is 2.45 bits per heavy atom. The number of hydrogen-bond donors (Lipinski definition) is 3. The van der Waals surface area contributed by atoms with Gasteiger partial charge in [0, 0.05) is 19.5 Å². The van der Waals surface area contributed by atoms with Crippen LogP contribution in [0.15, 0.2) is 0 Å². The van der Waals surface area contributed by atoms with Crippen molar-refractivity contribution in [1.29, 1.82) is 0 Å². The van der Waals surface area contributed by atoms with Crippen molar-refractivity contribution in [2.45, 2.75) is 44.9 Å². The van der Waals surface area contributed by atoms with E-state index in [1.54, 1.807) is 0 Å². The molecule has 2 aliphatic rings. The lowest BCUT2D eigenvalue weighted by molar-refractivity contribution is -0.121. The summed E-state index contributed by atoms with van der Waals surface area (Å²) in [7, 11) is -3.26. The zero-order valence-corrected chi connectivity index (χ0v) is 14.1. The summed E-state index contributed by atoms with van der Waals surface area (Å²) in [5, 5.41) is 6.03. The standard InChI is InChI=1S/C15H29N3O3S/c19-15(5-4-13-6-8-16-9-7-13)17-10-11-22(20,21)18-12-14-2-1-3-14/h13-14,16,18H,1-12H2,(H,17,19). The molecule has 0 aromatic rings. The third-order valence-corrected chi connectivity index (χ3v) is 6.10. The van der Waals surface area contributed by atoms with Gasteiger partial charge in [0.15, 0.2) is 0 Å². The smallest absolute Gasteiger partial charge is 0.220 e. The normalized spacial score (nSPS) is 20.5. The Morgan fingerprint density at radius 1 is 1.09 bits per heavy atom. The van der Waals surface area contributed by atoms with Crippen molar-refractivity contribution in [2.75, 3.05) is 31.9 Å². The number of hydrogen-bond acceptors (Lipinski definition) is 4. The topological polar surface area (TPSA) is 87.3 Å². The molecular weight excluding hydrogens is 302 g/mol. The maximum absolute atomic E-state index is 11.8. The first-order valence-electron chi connectivity index (χ1n) is 8.50. The van der Waals surface area contributed by atoms with Crippen LogP contribution in [0.3, 0.4) is 0 Å². The summed E-state index contributed by atoms with van der Waals surface area (Å²) >= 11 is 0. The van der Waals surface area contributed by atoms with Gasteiger partial charge in [-0.2, -0.15) is 0 Å². The van der Waals surface area contributed by atoms with Crippen LogP contribution in [0, 0.1) is 11.8 Å². The fraction of sp³-hybridized carbons (Fsp3) is 0.933. The van der Waals surface area contributed by atoms with Gasteiger partial charge in [-0.25, -0.2) is 13.1 Å². The summed E-state index contributed by atoms with van der Waals surface area (Å²) in [5.74, 6) is 1.07. The molecule has 1 heterocycles. The lowest BCUT2D eigenvalue weighted by Gasteiger charge is -2.25. The largest absolute Gasteiger partial charge is 0.355 e. The van der Waals surface area contributed by atoms with Crippen molar-refractivity contribution >= 4 is 15.9 Å². The summed E-state index contributed by atoms with van der Waals surface area (Å²) in [4.78, 5) is 11.8. The molecule has 1 aliphatic heterocycles. The zero-order chi connectivity index (χ0) is 15.8. The maximum Gasteiger partial charge on any atom is 0.220 e. The SMILES string of the molecule is O=C(CCC1CCNCC1)NCCS(=O)(=O)NCC1CCC1. The zero-order valence-electron chi connectivity index (χ0n) is 13.3. The molecule has 0 spiro atoms. The average Bonchev–Trinajstić information content (AvgIpc) is 2.44. The van der Waals surface area contributed by atoms with E-state index in [1.807, 2.05) is 0 Å². The van der Waals surface area contributed by atoms with Gasteiger partial charge in [-0.1, -0.05) is 6.42 Å². The van der Waals surface area contributed by atoms with Crippen LogP contribution in [-0.4, -0.2) is 46.3 Å². The minimum Gasteiger partial charge on any atom is -0.355 e. The van der Waals surface area contributed by atoms with Crippen LogP contribution in [0.5, 0.6) is 0 Å². The molecule has 1 amide bonds. The molecule has 0 unspecified atom stereocenters. The van der Waals surface area contributed by atoms with E-state index in [1.165, 1.54) is 6.42 Å². The van der Waals surface area contributed by atoms with Gasteiger partial charge >= 0.3 is 0 Å². The van der Waals surface area contributed by atoms with Gasteiger partial charge in [-0.05, 0) is 57.0 Å². The van der Waals surface area contributed by atoms with Gasteiger partial charge in [0.1, 0.15) is 0 Å². The van der Waals surface area contributed by atoms with E-state index < -0.39 is 10.0 Å². The molecule has 0 bridgehead atoms. The van der Waals surface area contributed by atoms with Crippen LogP contribution in [0.4, 0.5) is 0 Å². The fourth-order valence-corrected chi connectivity index (χ4v) is 3.94. The number of rotatable bonds is 9. The first-order valence-corrected chi connectivity index (χ1v) is 10.1. The summed E-state index contributed by atoms with van der Waals surface area (Å²) in [5.41, 5.74) is 0. The molecule has 22 heavy (non-hydrogen) atoms. The first kappa shape index (κ1) is 17.7. The molecule has 0 radical (unpaired) electrons. The van der Waals surface area contributed by atoms with Gasteiger partial charge in [0.2, 0.25) is 15.9 Å². The number of amides is 1. The molecule has 7 heteroatoms. The Hall–Kier alpha value is -0.660. The second kappa shape index (κ2) is 8.84. The van der Waals surface area contributed by atoms with Gasteiger partial charge < -0.3 is 10.6 Å². The second-order valence-electron chi connectivity index (χ2n) is 6.55. The van der Waals surface area contributed by atoms with E-state index in [2.05, 4.69) is 15.4 Å². The van der Waals surface area contributed by atoms with E-state index in [4.69, 9.17) is 0 Å². The predicted octanol–water partition coefficient (Wildman–Crippen LogP) is 0.602. The van der Waals surface area contributed by atoms with E-state index in [0.717, 1.165) is 45.2 Å². The lowest BCUT2D eigenvalue weighted by Crippen LogP contribution is -2.37. The van der Waals surface area contributed by atoms with Crippen molar-refractivity contribution < 1.29 is 13.2 Å². The number of carbonyl (C=O) groups excluding carboxylic acids is 1. The molecule has 0 aromatic heterocycles. The second-order valence-corrected chi connectivity index (χ2v) is 8.47. The number of sulfonamides is 1. The van der Waals surface area contributed by atoms with Crippen molar-refractivity contribution in [2.24, 2.45) is 11.8 Å². The minimum atomic E-state index is -3.26. The van der Waals surface area contributed by atoms with Crippen LogP contribution in [0.1, 0.15) is 44.9 Å². The Balaban J connectivity index is 1.53. The number of nitrogens with one attached hydrogen (secondary N) is 3. The monoisotopic (exact) mass is 331 g/mol. The van der Waals surface area contributed by atoms with Crippen LogP contribution in [0.2, 0.25) is 0 Å². The van der Waals surface area contributed by atoms with Crippen molar-refractivity contribution in [3.05, 3.63) is 0 Å². The maximum atomic E-state index is 11.8. The summed E-state index contributed by atoms with van der Waals surface area (Å²) < 4.78 is 26.2. The van der Waals surface area contributed by atoms with E-state index in [9.17, 15) is 13.2 Å². The summed E-state index contributed by atoms with van der Waals surface area (Å²) in [6, 6.07) is 0. The van der Waals surface area contributed by atoms with Crippen LogP contribution in [0.25, 0.3) is 0 Å². The highest BCUT2D eigenvalue weighted by Gasteiger charge is 2.20. The van der Waals surface area contributed by atoms with Crippen LogP contribution in [-0.2, 0) is 14.8 Å². The molecular formula is C15H29N3O3S. The number of carbonyl (C=O) groups is 1. The van der Waals surface area contributed by atoms with Gasteiger partial charge in [0.05, 0.1) is 5.75 Å². The third-order valence-electron chi connectivity index (χ3n) is 4.75.